The Labute approximate surface area is 344 Å². The van der Waals surface area contributed by atoms with Crippen LogP contribution < -0.4 is 0 Å². The minimum atomic E-state index is -1.15. The molecule has 8 atom stereocenters. The van der Waals surface area contributed by atoms with Gasteiger partial charge in [-0.15, -0.1) is 0 Å². The molecule has 8 unspecified atom stereocenters. The van der Waals surface area contributed by atoms with Crippen LogP contribution in [0.15, 0.2) is 35.5 Å². The summed E-state index contributed by atoms with van der Waals surface area (Å²) in [5.74, 6) is 1.26. The Bertz CT molecular complexity index is 1660. The Morgan fingerprint density at radius 3 is 2.35 bits per heavy atom. The largest absolute Gasteiger partial charge is 0.481 e. The number of esters is 1. The second-order valence-electron chi connectivity index (χ2n) is 21.2. The molecule has 57 heavy (non-hydrogen) atoms. The van der Waals surface area contributed by atoms with Gasteiger partial charge in [0.05, 0.1) is 24.1 Å². The fourth-order valence-corrected chi connectivity index (χ4v) is 13.6. The summed E-state index contributed by atoms with van der Waals surface area (Å²) >= 11 is 0. The first-order valence-electron chi connectivity index (χ1n) is 22.3. The van der Waals surface area contributed by atoms with E-state index in [-0.39, 0.29) is 40.1 Å². The lowest BCUT2D eigenvalue weighted by atomic mass is 9.36. The van der Waals surface area contributed by atoms with Crippen molar-refractivity contribution in [3.63, 3.8) is 0 Å². The van der Waals surface area contributed by atoms with Crippen LogP contribution in [0.4, 0.5) is 0 Å². The summed E-state index contributed by atoms with van der Waals surface area (Å²) in [7, 11) is 3.93. The average Bonchev–Trinajstić information content (AvgIpc) is 3.45. The number of carbonyl (C=O) groups is 3. The van der Waals surface area contributed by atoms with Crippen molar-refractivity contribution in [1.82, 2.24) is 14.8 Å². The highest BCUT2D eigenvalue weighted by atomic mass is 16.5. The monoisotopic (exact) mass is 790 g/mol. The summed E-state index contributed by atoms with van der Waals surface area (Å²) < 4.78 is 11.6. The normalized spacial score (nSPS) is 33.6. The van der Waals surface area contributed by atoms with Gasteiger partial charge in [0.2, 0.25) is 0 Å². The number of nitrogens with zero attached hydrogens (tertiary/aromatic N) is 3. The maximum atomic E-state index is 14.2. The molecule has 4 fully saturated rings. The number of allylic oxidation sites excluding steroid dienone is 2. The van der Waals surface area contributed by atoms with Crippen molar-refractivity contribution in [1.29, 1.82) is 0 Å². The fraction of sp³-hybridized carbons (Fsp3) is 0.792. The molecule has 5 aliphatic carbocycles. The molecule has 0 amide bonds. The number of hydrogen-bond acceptors (Lipinski definition) is 8. The molecule has 1 heterocycles. The quantitative estimate of drug-likeness (QED) is 0.164. The summed E-state index contributed by atoms with van der Waals surface area (Å²) in [6, 6.07) is 6.19. The fourth-order valence-electron chi connectivity index (χ4n) is 13.6. The van der Waals surface area contributed by atoms with Crippen LogP contribution in [-0.2, 0) is 30.4 Å². The number of carbonyl (C=O) groups excluding carboxylic acids is 2. The number of ether oxygens (including phenoxy) is 2. The zero-order valence-corrected chi connectivity index (χ0v) is 37.1. The molecule has 1 aromatic rings. The van der Waals surface area contributed by atoms with E-state index in [0.717, 1.165) is 95.5 Å². The van der Waals surface area contributed by atoms with E-state index in [9.17, 15) is 19.5 Å². The molecule has 0 bridgehead atoms. The van der Waals surface area contributed by atoms with Crippen molar-refractivity contribution in [2.24, 2.45) is 56.7 Å². The van der Waals surface area contributed by atoms with Crippen LogP contribution in [0.5, 0.6) is 0 Å². The SMILES string of the molecule is COCCN(C)CCN(CCC12CCC3C(CCC4C3(C)CCC3C(C)(C)C(OC(=O)CC(C)(C)C(=O)O)CCC34C)C1=C(C(C)C)C(=O)C2)Cc1ccccn1. The number of rotatable bonds is 16. The smallest absolute Gasteiger partial charge is 0.309 e. The second-order valence-corrected chi connectivity index (χ2v) is 21.2. The molecule has 0 aliphatic heterocycles. The van der Waals surface area contributed by atoms with Crippen molar-refractivity contribution in [2.75, 3.05) is 46.9 Å². The first-order chi connectivity index (χ1) is 26.8. The van der Waals surface area contributed by atoms with Gasteiger partial charge in [-0.25, -0.2) is 0 Å². The Kier molecular flexibility index (Phi) is 12.9. The summed E-state index contributed by atoms with van der Waals surface area (Å²) in [5, 5.41) is 9.64. The van der Waals surface area contributed by atoms with Gasteiger partial charge >= 0.3 is 11.9 Å². The predicted octanol–water partition coefficient (Wildman–Crippen LogP) is 8.86. The molecule has 4 saturated carbocycles. The van der Waals surface area contributed by atoms with Crippen molar-refractivity contribution in [3.05, 3.63) is 41.2 Å². The number of pyridine rings is 1. The second kappa shape index (κ2) is 16.8. The van der Waals surface area contributed by atoms with Crippen LogP contribution in [-0.4, -0.2) is 90.7 Å². The van der Waals surface area contributed by atoms with Crippen LogP contribution in [0, 0.1) is 56.7 Å². The molecule has 318 valence electrons. The number of fused-ring (bicyclic) bond motifs is 7. The molecule has 9 nitrogen and oxygen atoms in total. The van der Waals surface area contributed by atoms with E-state index in [4.69, 9.17) is 14.5 Å². The number of ketones is 1. The van der Waals surface area contributed by atoms with E-state index in [1.807, 2.05) is 12.3 Å². The molecule has 9 heteroatoms. The molecule has 0 spiro atoms. The number of likely N-dealkylation sites (N-methyl/N-ethyl adjacent to an activating group) is 1. The lowest BCUT2D eigenvalue weighted by Gasteiger charge is -2.69. The number of methoxy groups -OCH3 is 1. The highest BCUT2D eigenvalue weighted by molar-refractivity contribution is 6.00. The average molecular weight is 790 g/mol. The topological polar surface area (TPSA) is 109 Å². The van der Waals surface area contributed by atoms with Crippen LogP contribution in [0.3, 0.4) is 0 Å². The molecular formula is C48H75N3O6. The maximum Gasteiger partial charge on any atom is 0.309 e. The minimum absolute atomic E-state index is 0.0639. The van der Waals surface area contributed by atoms with Crippen molar-refractivity contribution < 1.29 is 29.0 Å². The first kappa shape index (κ1) is 43.9. The molecule has 0 radical (unpaired) electrons. The number of carboxylic acid groups (broad SMARTS) is 1. The van der Waals surface area contributed by atoms with Gasteiger partial charge in [0.1, 0.15) is 6.10 Å². The van der Waals surface area contributed by atoms with Gasteiger partial charge in [-0.2, -0.15) is 0 Å². The Hall–Kier alpha value is -2.62. The van der Waals surface area contributed by atoms with Crippen LogP contribution in [0.2, 0.25) is 0 Å². The zero-order valence-electron chi connectivity index (χ0n) is 37.1. The Morgan fingerprint density at radius 1 is 0.947 bits per heavy atom. The predicted molar refractivity (Wildman–Crippen MR) is 224 cm³/mol. The summed E-state index contributed by atoms with van der Waals surface area (Å²) in [6.07, 6.45) is 12.0. The van der Waals surface area contributed by atoms with Gasteiger partial charge in [-0.3, -0.25) is 24.3 Å². The Balaban J connectivity index is 1.22. The van der Waals surface area contributed by atoms with E-state index in [0.29, 0.717) is 35.9 Å². The molecular weight excluding hydrogens is 715 g/mol. The molecule has 0 saturated heterocycles. The maximum absolute atomic E-state index is 14.2. The van der Waals surface area contributed by atoms with Gasteiger partial charge in [0.15, 0.2) is 5.78 Å². The Morgan fingerprint density at radius 2 is 1.68 bits per heavy atom. The lowest BCUT2D eigenvalue weighted by molar-refractivity contribution is -0.214. The molecule has 6 rings (SSSR count). The van der Waals surface area contributed by atoms with Crippen LogP contribution >= 0.6 is 0 Å². The third kappa shape index (κ3) is 8.42. The van der Waals surface area contributed by atoms with Gasteiger partial charge in [0.25, 0.3) is 0 Å². The van der Waals surface area contributed by atoms with Crippen LogP contribution in [0.1, 0.15) is 132 Å². The third-order valence-electron chi connectivity index (χ3n) is 16.6. The molecule has 0 aromatic carbocycles. The van der Waals surface area contributed by atoms with E-state index in [1.54, 1.807) is 26.5 Å². The number of carboxylic acids is 1. The van der Waals surface area contributed by atoms with E-state index in [1.165, 1.54) is 12.8 Å². The number of hydrogen-bond donors (Lipinski definition) is 1. The van der Waals surface area contributed by atoms with Gasteiger partial charge in [-0.1, -0.05) is 53.2 Å². The minimum Gasteiger partial charge on any atom is -0.481 e. The molecule has 1 N–H and O–H groups in total. The van der Waals surface area contributed by atoms with Crippen molar-refractivity contribution in [2.45, 2.75) is 139 Å². The van der Waals surface area contributed by atoms with Gasteiger partial charge in [-0.05, 0) is 143 Å². The van der Waals surface area contributed by atoms with Gasteiger partial charge in [0, 0.05) is 56.7 Å². The highest BCUT2D eigenvalue weighted by Gasteiger charge is 2.66. The van der Waals surface area contributed by atoms with Crippen LogP contribution in [0.25, 0.3) is 0 Å². The summed E-state index contributed by atoms with van der Waals surface area (Å²) in [4.78, 5) is 48.8. The number of aliphatic carboxylic acids is 1. The molecule has 5 aliphatic rings. The van der Waals surface area contributed by atoms with Crippen molar-refractivity contribution in [3.8, 4) is 0 Å². The molecule has 1 aromatic heterocycles. The van der Waals surface area contributed by atoms with E-state index < -0.39 is 17.4 Å². The zero-order chi connectivity index (χ0) is 41.6. The standard InChI is InChI=1S/C48H75N3O6/c1-32(2)41-36(52)29-48(22-24-51(26-25-50(9)27-28-56-10)31-33-13-11-12-23-49-33)21-16-35-34(42(41)48)14-15-38-46(35,7)19-17-37-45(5,6)39(18-20-47(37,38)8)57-40(53)30-44(3,4)43(54)55/h11-13,23,32,34-35,37-39H,14-22,24-31H2,1-10H3,(H,54,55). The van der Waals surface area contributed by atoms with Gasteiger partial charge < -0.3 is 19.5 Å². The number of Topliss-reactive ketones (excluding diaryl/α,β-unsaturated/α-hetero) is 1. The van der Waals surface area contributed by atoms with E-state index in [2.05, 4.69) is 70.5 Å². The highest BCUT2D eigenvalue weighted by Crippen LogP contribution is 2.73. The van der Waals surface area contributed by atoms with E-state index >= 15 is 0 Å². The lowest BCUT2D eigenvalue weighted by Crippen LogP contribution is -2.63. The van der Waals surface area contributed by atoms with Crippen molar-refractivity contribution >= 4 is 17.7 Å². The summed E-state index contributed by atoms with van der Waals surface area (Å²) in [5.41, 5.74) is 2.70. The third-order valence-corrected chi connectivity index (χ3v) is 16.6. The first-order valence-corrected chi connectivity index (χ1v) is 22.3. The summed E-state index contributed by atoms with van der Waals surface area (Å²) in [6.45, 7) is 22.7. The number of aromatic nitrogens is 1.